The quantitative estimate of drug-likeness (QED) is 0.793. The van der Waals surface area contributed by atoms with Crippen molar-refractivity contribution in [3.63, 3.8) is 0 Å². The van der Waals surface area contributed by atoms with Gasteiger partial charge in [0.1, 0.15) is 0 Å². The number of aryl methyl sites for hydroxylation is 1. The second-order valence-electron chi connectivity index (χ2n) is 6.13. The van der Waals surface area contributed by atoms with E-state index in [0.717, 1.165) is 24.9 Å². The molecule has 110 valence electrons. The standard InChI is InChI=1S/C16H25N3O/c1-12-5-7-14(8-6-12)18-15(20)19-16(11-17)9-3-4-13(2)10-16/h5-8,13H,3-4,9-11,17H2,1-2H3,(H2,18,19,20). The van der Waals surface area contributed by atoms with Gasteiger partial charge in [0.25, 0.3) is 0 Å². The zero-order valence-corrected chi connectivity index (χ0v) is 12.4. The number of anilines is 1. The van der Waals surface area contributed by atoms with Crippen molar-refractivity contribution in [2.75, 3.05) is 11.9 Å². The Bertz CT molecular complexity index is 457. The number of hydrogen-bond acceptors (Lipinski definition) is 2. The lowest BCUT2D eigenvalue weighted by Gasteiger charge is -2.39. The summed E-state index contributed by atoms with van der Waals surface area (Å²) in [7, 11) is 0. The summed E-state index contributed by atoms with van der Waals surface area (Å²) in [5, 5.41) is 5.99. The molecule has 1 aliphatic rings. The first-order valence-electron chi connectivity index (χ1n) is 7.39. The van der Waals surface area contributed by atoms with Gasteiger partial charge in [0.05, 0.1) is 5.54 Å². The SMILES string of the molecule is Cc1ccc(NC(=O)NC2(CN)CCCC(C)C2)cc1. The Morgan fingerprint density at radius 1 is 1.40 bits per heavy atom. The van der Waals surface area contributed by atoms with Gasteiger partial charge in [-0.25, -0.2) is 4.79 Å². The molecule has 0 aromatic heterocycles. The third-order valence-electron chi connectivity index (χ3n) is 4.17. The van der Waals surface area contributed by atoms with E-state index in [1.165, 1.54) is 12.0 Å². The average Bonchev–Trinajstić information content (AvgIpc) is 2.41. The summed E-state index contributed by atoms with van der Waals surface area (Å²) in [4.78, 5) is 12.2. The van der Waals surface area contributed by atoms with Gasteiger partial charge in [-0.05, 0) is 37.8 Å². The lowest BCUT2D eigenvalue weighted by atomic mass is 9.76. The van der Waals surface area contributed by atoms with Crippen LogP contribution in [0.4, 0.5) is 10.5 Å². The van der Waals surface area contributed by atoms with E-state index < -0.39 is 0 Å². The number of urea groups is 1. The number of benzene rings is 1. The van der Waals surface area contributed by atoms with E-state index in [0.29, 0.717) is 12.5 Å². The normalized spacial score (nSPS) is 26.1. The van der Waals surface area contributed by atoms with Crippen molar-refractivity contribution in [2.24, 2.45) is 11.7 Å². The Labute approximate surface area is 121 Å². The summed E-state index contributed by atoms with van der Waals surface area (Å²) in [5.74, 6) is 0.618. The topological polar surface area (TPSA) is 67.2 Å². The van der Waals surface area contributed by atoms with Crippen LogP contribution in [0.25, 0.3) is 0 Å². The molecule has 1 aromatic carbocycles. The first-order valence-corrected chi connectivity index (χ1v) is 7.39. The molecule has 1 saturated carbocycles. The number of hydrogen-bond donors (Lipinski definition) is 3. The van der Waals surface area contributed by atoms with Gasteiger partial charge in [0.2, 0.25) is 0 Å². The molecule has 1 aromatic rings. The Morgan fingerprint density at radius 2 is 2.10 bits per heavy atom. The van der Waals surface area contributed by atoms with Gasteiger partial charge in [-0.2, -0.15) is 0 Å². The Morgan fingerprint density at radius 3 is 2.70 bits per heavy atom. The first kappa shape index (κ1) is 14.9. The maximum Gasteiger partial charge on any atom is 0.319 e. The van der Waals surface area contributed by atoms with E-state index in [9.17, 15) is 4.79 Å². The molecule has 2 atom stereocenters. The van der Waals surface area contributed by atoms with Crippen LogP contribution in [0.3, 0.4) is 0 Å². The van der Waals surface area contributed by atoms with Crippen LogP contribution in [0.2, 0.25) is 0 Å². The molecular weight excluding hydrogens is 250 g/mol. The second kappa shape index (κ2) is 6.27. The van der Waals surface area contributed by atoms with Crippen LogP contribution in [0.15, 0.2) is 24.3 Å². The summed E-state index contributed by atoms with van der Waals surface area (Å²) in [6.45, 7) is 4.75. The molecule has 0 bridgehead atoms. The fourth-order valence-corrected chi connectivity index (χ4v) is 3.05. The lowest BCUT2D eigenvalue weighted by Crippen LogP contribution is -2.57. The minimum atomic E-state index is -0.244. The number of amides is 2. The molecule has 4 nitrogen and oxygen atoms in total. The molecule has 0 radical (unpaired) electrons. The van der Waals surface area contributed by atoms with Crippen molar-refractivity contribution in [3.05, 3.63) is 29.8 Å². The van der Waals surface area contributed by atoms with Crippen molar-refractivity contribution < 1.29 is 4.79 Å². The summed E-state index contributed by atoms with van der Waals surface area (Å²) in [6.07, 6.45) is 4.28. The van der Waals surface area contributed by atoms with Crippen LogP contribution < -0.4 is 16.4 Å². The lowest BCUT2D eigenvalue weighted by molar-refractivity contribution is 0.191. The number of nitrogens with one attached hydrogen (secondary N) is 2. The highest BCUT2D eigenvalue weighted by Gasteiger charge is 2.35. The molecule has 1 fully saturated rings. The van der Waals surface area contributed by atoms with E-state index >= 15 is 0 Å². The van der Waals surface area contributed by atoms with Gasteiger partial charge in [-0.1, -0.05) is 37.5 Å². The van der Waals surface area contributed by atoms with E-state index in [1.54, 1.807) is 0 Å². The van der Waals surface area contributed by atoms with Gasteiger partial charge < -0.3 is 16.4 Å². The molecule has 2 unspecified atom stereocenters. The maximum absolute atomic E-state index is 12.2. The molecule has 0 aliphatic heterocycles. The fraction of sp³-hybridized carbons (Fsp3) is 0.562. The molecule has 1 aliphatic carbocycles. The smallest absolute Gasteiger partial charge is 0.319 e. The van der Waals surface area contributed by atoms with Gasteiger partial charge in [0, 0.05) is 12.2 Å². The highest BCUT2D eigenvalue weighted by atomic mass is 16.2. The molecule has 2 amide bonds. The summed E-state index contributed by atoms with van der Waals surface area (Å²) in [6, 6.07) is 7.63. The molecule has 20 heavy (non-hydrogen) atoms. The molecule has 4 N–H and O–H groups in total. The van der Waals surface area contributed by atoms with Crippen molar-refractivity contribution >= 4 is 11.7 Å². The molecular formula is C16H25N3O. The highest BCUT2D eigenvalue weighted by Crippen LogP contribution is 2.31. The monoisotopic (exact) mass is 275 g/mol. The highest BCUT2D eigenvalue weighted by molar-refractivity contribution is 5.89. The van der Waals surface area contributed by atoms with Crippen LogP contribution in [-0.4, -0.2) is 18.1 Å². The predicted octanol–water partition coefficient (Wildman–Crippen LogP) is 3.02. The zero-order chi connectivity index (χ0) is 14.6. The van der Waals surface area contributed by atoms with E-state index in [2.05, 4.69) is 17.6 Å². The van der Waals surface area contributed by atoms with E-state index in [1.807, 2.05) is 31.2 Å². The first-order chi connectivity index (χ1) is 9.53. The Hall–Kier alpha value is -1.55. The number of carbonyl (C=O) groups excluding carboxylic acids is 1. The van der Waals surface area contributed by atoms with Crippen molar-refractivity contribution in [1.82, 2.24) is 5.32 Å². The van der Waals surface area contributed by atoms with Crippen LogP contribution in [0.5, 0.6) is 0 Å². The van der Waals surface area contributed by atoms with Crippen LogP contribution in [0, 0.1) is 12.8 Å². The molecule has 4 heteroatoms. The zero-order valence-electron chi connectivity index (χ0n) is 12.4. The van der Waals surface area contributed by atoms with Gasteiger partial charge >= 0.3 is 6.03 Å². The van der Waals surface area contributed by atoms with Gasteiger partial charge in [0.15, 0.2) is 0 Å². The number of nitrogens with two attached hydrogens (primary N) is 1. The van der Waals surface area contributed by atoms with Crippen LogP contribution >= 0.6 is 0 Å². The number of rotatable bonds is 3. The van der Waals surface area contributed by atoms with Crippen LogP contribution in [0.1, 0.15) is 38.2 Å². The molecule has 0 heterocycles. The van der Waals surface area contributed by atoms with Crippen molar-refractivity contribution in [1.29, 1.82) is 0 Å². The van der Waals surface area contributed by atoms with Crippen LogP contribution in [-0.2, 0) is 0 Å². The summed E-state index contributed by atoms with van der Waals surface area (Å²) in [5.41, 5.74) is 7.66. The third kappa shape index (κ3) is 3.73. The van der Waals surface area contributed by atoms with Crippen molar-refractivity contribution in [2.45, 2.75) is 45.1 Å². The van der Waals surface area contributed by atoms with Gasteiger partial charge in [-0.3, -0.25) is 0 Å². The Kier molecular flexibility index (Phi) is 4.65. The predicted molar refractivity (Wildman–Crippen MR) is 82.8 cm³/mol. The minimum Gasteiger partial charge on any atom is -0.331 e. The molecule has 0 spiro atoms. The van der Waals surface area contributed by atoms with E-state index in [-0.39, 0.29) is 11.6 Å². The minimum absolute atomic E-state index is 0.159. The molecule has 0 saturated heterocycles. The molecule has 2 rings (SSSR count). The number of carbonyl (C=O) groups is 1. The fourth-order valence-electron chi connectivity index (χ4n) is 3.05. The van der Waals surface area contributed by atoms with Crippen molar-refractivity contribution in [3.8, 4) is 0 Å². The third-order valence-corrected chi connectivity index (χ3v) is 4.17. The largest absolute Gasteiger partial charge is 0.331 e. The van der Waals surface area contributed by atoms with Gasteiger partial charge in [-0.15, -0.1) is 0 Å². The second-order valence-corrected chi connectivity index (χ2v) is 6.13. The average molecular weight is 275 g/mol. The summed E-state index contributed by atoms with van der Waals surface area (Å²) >= 11 is 0. The Balaban J connectivity index is 1.97. The van der Waals surface area contributed by atoms with E-state index in [4.69, 9.17) is 5.73 Å². The maximum atomic E-state index is 12.2. The summed E-state index contributed by atoms with van der Waals surface area (Å²) < 4.78 is 0.